The number of rotatable bonds is 6. The highest BCUT2D eigenvalue weighted by molar-refractivity contribution is 5.73. The third kappa shape index (κ3) is 4.34. The lowest BCUT2D eigenvalue weighted by atomic mass is 10.2. The van der Waals surface area contributed by atoms with Crippen LogP contribution in [0.15, 0.2) is 21.3 Å². The minimum atomic E-state index is -0.237. The number of aryl methyl sites for hydroxylation is 1. The van der Waals surface area contributed by atoms with Crippen molar-refractivity contribution in [2.45, 2.75) is 39.7 Å². The van der Waals surface area contributed by atoms with E-state index >= 15 is 0 Å². The van der Waals surface area contributed by atoms with Gasteiger partial charge in [-0.15, -0.1) is 0 Å². The van der Waals surface area contributed by atoms with Crippen LogP contribution < -0.4 is 10.6 Å². The molecule has 2 aromatic heterocycles. The van der Waals surface area contributed by atoms with Crippen LogP contribution in [0.4, 0.5) is 4.79 Å². The van der Waals surface area contributed by atoms with Crippen LogP contribution in [0.5, 0.6) is 0 Å². The molecule has 0 fully saturated rings. The molecule has 7 nitrogen and oxygen atoms in total. The summed E-state index contributed by atoms with van der Waals surface area (Å²) in [6.07, 6.45) is 2.12. The first-order chi connectivity index (χ1) is 10.1. The second-order valence-corrected chi connectivity index (χ2v) is 5.06. The van der Waals surface area contributed by atoms with Crippen molar-refractivity contribution in [1.29, 1.82) is 0 Å². The molecule has 2 N–H and O–H groups in total. The molecule has 0 aliphatic rings. The Morgan fingerprint density at radius 3 is 2.81 bits per heavy atom. The van der Waals surface area contributed by atoms with E-state index in [1.165, 1.54) is 0 Å². The Balaban J connectivity index is 1.68. The molecule has 21 heavy (non-hydrogen) atoms. The van der Waals surface area contributed by atoms with E-state index in [-0.39, 0.29) is 11.9 Å². The molecule has 114 valence electrons. The first-order valence-electron chi connectivity index (χ1n) is 6.93. The smallest absolute Gasteiger partial charge is 0.315 e. The van der Waals surface area contributed by atoms with Crippen molar-refractivity contribution in [3.63, 3.8) is 0 Å². The second-order valence-electron chi connectivity index (χ2n) is 5.06. The molecule has 2 heterocycles. The minimum Gasteiger partial charge on any atom is -0.469 e. The number of amides is 2. The normalized spacial score (nSPS) is 10.9. The van der Waals surface area contributed by atoms with Gasteiger partial charge in [0.1, 0.15) is 5.76 Å². The zero-order valence-corrected chi connectivity index (χ0v) is 12.5. The van der Waals surface area contributed by atoms with Gasteiger partial charge in [0.15, 0.2) is 5.82 Å². The van der Waals surface area contributed by atoms with Crippen LogP contribution >= 0.6 is 0 Å². The van der Waals surface area contributed by atoms with Gasteiger partial charge in [0, 0.05) is 31.0 Å². The van der Waals surface area contributed by atoms with Crippen LogP contribution in [0.2, 0.25) is 0 Å². The molecule has 2 amide bonds. The molecule has 0 unspecified atom stereocenters. The molecular formula is C14H20N4O3. The van der Waals surface area contributed by atoms with Gasteiger partial charge in [-0.3, -0.25) is 0 Å². The monoisotopic (exact) mass is 292 g/mol. The van der Waals surface area contributed by atoms with Gasteiger partial charge in [-0.2, -0.15) is 4.98 Å². The molecule has 0 saturated carbocycles. The predicted molar refractivity (Wildman–Crippen MR) is 75.8 cm³/mol. The average Bonchev–Trinajstić information content (AvgIpc) is 3.06. The summed E-state index contributed by atoms with van der Waals surface area (Å²) in [5.74, 6) is 2.26. The molecule has 0 bridgehead atoms. The van der Waals surface area contributed by atoms with Gasteiger partial charge in [-0.1, -0.05) is 19.0 Å². The molecule has 0 radical (unpaired) electrons. The Labute approximate surface area is 123 Å². The van der Waals surface area contributed by atoms with E-state index in [2.05, 4.69) is 20.8 Å². The number of urea groups is 1. The average molecular weight is 292 g/mol. The van der Waals surface area contributed by atoms with Crippen LogP contribution in [-0.4, -0.2) is 22.7 Å². The highest BCUT2D eigenvalue weighted by atomic mass is 16.5. The van der Waals surface area contributed by atoms with E-state index in [0.29, 0.717) is 31.2 Å². The fraction of sp³-hybridized carbons (Fsp3) is 0.500. The van der Waals surface area contributed by atoms with E-state index in [9.17, 15) is 4.79 Å². The number of aromatic nitrogens is 2. The third-order valence-corrected chi connectivity index (χ3v) is 3.03. The quantitative estimate of drug-likeness (QED) is 0.850. The van der Waals surface area contributed by atoms with Gasteiger partial charge in [-0.05, 0) is 13.0 Å². The molecular weight excluding hydrogens is 272 g/mol. The fourth-order valence-electron chi connectivity index (χ4n) is 1.72. The van der Waals surface area contributed by atoms with Gasteiger partial charge in [0.05, 0.1) is 6.26 Å². The molecule has 0 aliphatic carbocycles. The number of carbonyl (C=O) groups is 1. The number of nitrogens with zero attached hydrogens (tertiary/aromatic N) is 2. The fourth-order valence-corrected chi connectivity index (χ4v) is 1.72. The van der Waals surface area contributed by atoms with E-state index in [1.54, 1.807) is 6.26 Å². The van der Waals surface area contributed by atoms with E-state index in [0.717, 1.165) is 11.3 Å². The van der Waals surface area contributed by atoms with Gasteiger partial charge in [0.25, 0.3) is 0 Å². The summed E-state index contributed by atoms with van der Waals surface area (Å²) in [5.41, 5.74) is 0.962. The summed E-state index contributed by atoms with van der Waals surface area (Å²) in [6.45, 7) is 6.73. The van der Waals surface area contributed by atoms with E-state index < -0.39 is 0 Å². The first kappa shape index (κ1) is 15.1. The van der Waals surface area contributed by atoms with Crippen molar-refractivity contribution in [2.75, 3.05) is 6.54 Å². The van der Waals surface area contributed by atoms with Gasteiger partial charge in [0.2, 0.25) is 5.89 Å². The maximum absolute atomic E-state index is 11.6. The zero-order valence-electron chi connectivity index (χ0n) is 12.5. The van der Waals surface area contributed by atoms with Crippen molar-refractivity contribution >= 4 is 6.03 Å². The Morgan fingerprint density at radius 2 is 2.19 bits per heavy atom. The number of nitrogens with one attached hydrogen (secondary N) is 2. The first-order valence-corrected chi connectivity index (χ1v) is 6.93. The Bertz CT molecular complexity index is 589. The molecule has 2 rings (SSSR count). The Hall–Kier alpha value is -2.31. The van der Waals surface area contributed by atoms with Crippen LogP contribution in [0, 0.1) is 6.92 Å². The summed E-state index contributed by atoms with van der Waals surface area (Å²) in [4.78, 5) is 15.9. The maximum Gasteiger partial charge on any atom is 0.315 e. The minimum absolute atomic E-state index is 0.233. The van der Waals surface area contributed by atoms with Crippen molar-refractivity contribution in [3.8, 4) is 0 Å². The molecule has 7 heteroatoms. The molecule has 2 aromatic rings. The Kier molecular flexibility index (Phi) is 4.97. The lowest BCUT2D eigenvalue weighted by molar-refractivity contribution is 0.240. The molecule has 0 spiro atoms. The number of hydrogen-bond donors (Lipinski definition) is 2. The molecule has 0 aliphatic heterocycles. The van der Waals surface area contributed by atoms with Gasteiger partial charge >= 0.3 is 6.03 Å². The van der Waals surface area contributed by atoms with Crippen LogP contribution in [0.25, 0.3) is 0 Å². The van der Waals surface area contributed by atoms with E-state index in [1.807, 2.05) is 26.8 Å². The van der Waals surface area contributed by atoms with Crippen molar-refractivity contribution in [1.82, 2.24) is 20.8 Å². The van der Waals surface area contributed by atoms with Crippen LogP contribution in [0.1, 0.15) is 42.8 Å². The highest BCUT2D eigenvalue weighted by Crippen LogP contribution is 2.09. The third-order valence-electron chi connectivity index (χ3n) is 3.03. The number of carbonyl (C=O) groups excluding carboxylic acids is 1. The summed E-state index contributed by atoms with van der Waals surface area (Å²) >= 11 is 0. The standard InChI is InChI=1S/C14H20N4O3/c1-9(2)13-17-12(21-18-13)4-6-15-14(19)16-8-11-5-7-20-10(11)3/h5,7,9H,4,6,8H2,1-3H3,(H2,15,16,19). The van der Waals surface area contributed by atoms with Gasteiger partial charge in [-0.25, -0.2) is 4.79 Å². The summed E-state index contributed by atoms with van der Waals surface area (Å²) < 4.78 is 10.3. The van der Waals surface area contributed by atoms with Crippen molar-refractivity contribution < 1.29 is 13.7 Å². The lowest BCUT2D eigenvalue weighted by Gasteiger charge is -2.05. The lowest BCUT2D eigenvalue weighted by Crippen LogP contribution is -2.36. The van der Waals surface area contributed by atoms with Crippen molar-refractivity contribution in [3.05, 3.63) is 35.4 Å². The topological polar surface area (TPSA) is 93.2 Å². The number of furan rings is 1. The van der Waals surface area contributed by atoms with Crippen LogP contribution in [-0.2, 0) is 13.0 Å². The molecule has 0 saturated heterocycles. The maximum atomic E-state index is 11.6. The largest absolute Gasteiger partial charge is 0.469 e. The number of hydrogen-bond acceptors (Lipinski definition) is 5. The second kappa shape index (κ2) is 6.92. The van der Waals surface area contributed by atoms with Gasteiger partial charge < -0.3 is 19.6 Å². The molecule has 0 aromatic carbocycles. The Morgan fingerprint density at radius 1 is 1.38 bits per heavy atom. The predicted octanol–water partition coefficient (Wildman–Crippen LogP) is 2.14. The SMILES string of the molecule is Cc1occc1CNC(=O)NCCc1nc(C(C)C)no1. The summed E-state index contributed by atoms with van der Waals surface area (Å²) in [5, 5.41) is 9.37. The molecule has 0 atom stereocenters. The highest BCUT2D eigenvalue weighted by Gasteiger charge is 2.10. The summed E-state index contributed by atoms with van der Waals surface area (Å²) in [6, 6.07) is 1.60. The van der Waals surface area contributed by atoms with Crippen molar-refractivity contribution in [2.24, 2.45) is 0 Å². The van der Waals surface area contributed by atoms with E-state index in [4.69, 9.17) is 8.94 Å². The van der Waals surface area contributed by atoms with Crippen LogP contribution in [0.3, 0.4) is 0 Å². The summed E-state index contributed by atoms with van der Waals surface area (Å²) in [7, 11) is 0. The zero-order chi connectivity index (χ0) is 15.2.